The monoisotopic (exact) mass is 1020 g/mol. The summed E-state index contributed by atoms with van der Waals surface area (Å²) in [6.45, 7) is 50.2. The lowest BCUT2D eigenvalue weighted by Gasteiger charge is -2.37. The minimum Gasteiger partial charge on any atom is -0.379 e. The molecule has 0 saturated carbocycles. The van der Waals surface area contributed by atoms with Crippen molar-refractivity contribution >= 4 is 29.2 Å². The van der Waals surface area contributed by atoms with Gasteiger partial charge in [-0.15, -0.1) is 0 Å². The summed E-state index contributed by atoms with van der Waals surface area (Å²) in [5.41, 5.74) is 0. The third kappa shape index (κ3) is 30.9. The van der Waals surface area contributed by atoms with Crippen LogP contribution in [0.25, 0.3) is 0 Å². The van der Waals surface area contributed by atoms with Gasteiger partial charge in [0.15, 0.2) is 0 Å². The van der Waals surface area contributed by atoms with Gasteiger partial charge in [-0.05, 0) is 188 Å². The highest BCUT2D eigenvalue weighted by molar-refractivity contribution is 5.83. The zero-order valence-corrected chi connectivity index (χ0v) is 49.5. The molecule has 0 radical (unpaired) electrons. The Hall–Kier alpha value is -2.33. The first-order valence-electron chi connectivity index (χ1n) is 29.1. The molecule has 72 heavy (non-hydrogen) atoms. The van der Waals surface area contributed by atoms with Gasteiger partial charge in [-0.2, -0.15) is 0 Å². The Morgan fingerprint density at radius 2 is 0.667 bits per heavy atom. The molecule has 6 heterocycles. The molecule has 0 aromatic rings. The smallest absolute Gasteiger partial charge is 0.223 e. The second kappa shape index (κ2) is 39.1. The van der Waals surface area contributed by atoms with Gasteiger partial charge in [-0.3, -0.25) is 29.1 Å². The number of rotatable bonds is 14. The van der Waals surface area contributed by atoms with Crippen molar-refractivity contribution in [1.82, 2.24) is 39.2 Å². The first-order valence-corrected chi connectivity index (χ1v) is 29.1. The molecular weight excluding hydrogens is 905 g/mol. The van der Waals surface area contributed by atoms with Crippen LogP contribution >= 0.6 is 0 Å². The van der Waals surface area contributed by atoms with Crippen LogP contribution in [0.3, 0.4) is 0 Å². The van der Waals surface area contributed by atoms with Crippen LogP contribution < -0.4 is 0 Å². The first kappa shape index (κ1) is 67.7. The van der Waals surface area contributed by atoms with Crippen LogP contribution in [0, 0.1) is 5.92 Å². The quantitative estimate of drug-likeness (QED) is 0.166. The number of piperidine rings is 3. The summed E-state index contributed by atoms with van der Waals surface area (Å²) in [5.74, 6) is 1.31. The number of ether oxygens (including phenoxy) is 1. The fraction of sp³-hybridized carbons (Fsp3) is 0.914. The van der Waals surface area contributed by atoms with E-state index in [4.69, 9.17) is 4.74 Å². The standard InChI is InChI=1S/C13H24N2O2.C12H22N2O2.C10H19NO.2C8H17N.C7H15NO/c1-11(2)14-7-9-15(10-8-14)13(17)6-4-5-12(3)16;1-10(2)13-6-8-14(9-7-13)12(16)5-4-11(3)15;1-8(2)11-6-4-10(5-7-11)9(3)12;2*1-8(2)9-6-4-3-5-7-9;1-7(2)8-3-5-9-6-4-8/h11H,4-10H2,1-3H3;10H,4-9H2,1-3H3;8,10H,4-7H2,1-3H3;2*8H,3-7H2,1-2H3;7H,3-6H2,1-2H3. The van der Waals surface area contributed by atoms with E-state index in [9.17, 15) is 24.0 Å². The molecule has 0 aromatic carbocycles. The van der Waals surface area contributed by atoms with Crippen molar-refractivity contribution < 1.29 is 28.7 Å². The minimum absolute atomic E-state index is 0.0918. The SMILES string of the molecule is CC(=O)C1CCN(C(C)C)CC1.CC(=O)CCC(=O)N1CCN(C(C)C)CC1.CC(=O)CCCC(=O)N1CCN(C(C)C)CC1.CC(C)N1CCCCC1.CC(C)N1CCCCC1.CC(C)N1CCOCC1. The summed E-state index contributed by atoms with van der Waals surface area (Å²) in [4.78, 5) is 74.8. The largest absolute Gasteiger partial charge is 0.379 e. The van der Waals surface area contributed by atoms with Gasteiger partial charge >= 0.3 is 0 Å². The molecule has 0 bridgehead atoms. The summed E-state index contributed by atoms with van der Waals surface area (Å²) in [6.07, 6.45) is 13.2. The predicted molar refractivity (Wildman–Crippen MR) is 300 cm³/mol. The molecule has 0 N–H and O–H groups in total. The van der Waals surface area contributed by atoms with Crippen molar-refractivity contribution in [3.63, 3.8) is 0 Å². The third-order valence-electron chi connectivity index (χ3n) is 15.3. The van der Waals surface area contributed by atoms with E-state index in [0.29, 0.717) is 68.0 Å². The van der Waals surface area contributed by atoms with Gasteiger partial charge in [0.1, 0.15) is 17.3 Å². The number of likely N-dealkylation sites (tertiary alicyclic amines) is 3. The van der Waals surface area contributed by atoms with Gasteiger partial charge in [0.25, 0.3) is 0 Å². The zero-order chi connectivity index (χ0) is 54.2. The number of carbonyl (C=O) groups is 5. The van der Waals surface area contributed by atoms with E-state index in [-0.39, 0.29) is 23.4 Å². The van der Waals surface area contributed by atoms with Gasteiger partial charge < -0.3 is 38.8 Å². The van der Waals surface area contributed by atoms with Crippen molar-refractivity contribution in [3.8, 4) is 0 Å². The average molecular weight is 1020 g/mol. The van der Waals surface area contributed by atoms with Crippen molar-refractivity contribution in [2.75, 3.05) is 118 Å². The molecule has 6 aliphatic rings. The molecule has 0 aliphatic carbocycles. The minimum atomic E-state index is 0.0918. The molecule has 14 nitrogen and oxygen atoms in total. The van der Waals surface area contributed by atoms with E-state index in [1.54, 1.807) is 13.8 Å². The predicted octanol–water partition coefficient (Wildman–Crippen LogP) is 8.39. The van der Waals surface area contributed by atoms with Crippen LogP contribution in [0.4, 0.5) is 0 Å². The molecule has 0 spiro atoms. The number of ketones is 3. The number of carbonyl (C=O) groups excluding carboxylic acids is 5. The van der Waals surface area contributed by atoms with E-state index in [0.717, 1.165) is 117 Å². The lowest BCUT2D eigenvalue weighted by Crippen LogP contribution is -2.50. The molecule has 0 unspecified atom stereocenters. The number of morpholine rings is 1. The molecular formula is C58H114N8O6. The Bertz CT molecular complexity index is 1380. The van der Waals surface area contributed by atoms with Crippen molar-refractivity contribution in [2.45, 2.75) is 224 Å². The highest BCUT2D eigenvalue weighted by Gasteiger charge is 2.25. The maximum atomic E-state index is 11.9. The molecule has 6 saturated heterocycles. The Labute approximate surface area is 443 Å². The number of hydrogen-bond acceptors (Lipinski definition) is 12. The number of hydrogen-bond donors (Lipinski definition) is 0. The van der Waals surface area contributed by atoms with E-state index in [1.165, 1.54) is 71.6 Å². The Balaban J connectivity index is 0.000000440. The lowest BCUT2D eigenvalue weighted by atomic mass is 9.93. The molecule has 6 rings (SSSR count). The summed E-state index contributed by atoms with van der Waals surface area (Å²) < 4.78 is 5.21. The van der Waals surface area contributed by atoms with Gasteiger partial charge in [-0.1, -0.05) is 12.8 Å². The highest BCUT2D eigenvalue weighted by Crippen LogP contribution is 2.19. The number of Topliss-reactive ketones (excluding diaryl/α,β-unsaturated/α-hetero) is 3. The fourth-order valence-corrected chi connectivity index (χ4v) is 9.85. The van der Waals surface area contributed by atoms with Gasteiger partial charge in [0.2, 0.25) is 11.8 Å². The number of nitrogens with zero attached hydrogens (tertiary/aromatic N) is 8. The van der Waals surface area contributed by atoms with Crippen molar-refractivity contribution in [2.24, 2.45) is 5.92 Å². The maximum absolute atomic E-state index is 11.9. The molecule has 2 amide bonds. The molecule has 6 aliphatic heterocycles. The van der Waals surface area contributed by atoms with Crippen LogP contribution in [0.5, 0.6) is 0 Å². The van der Waals surface area contributed by atoms with Crippen LogP contribution in [-0.4, -0.2) is 223 Å². The summed E-state index contributed by atoms with van der Waals surface area (Å²) in [6, 6.07) is 3.97. The van der Waals surface area contributed by atoms with Crippen LogP contribution in [0.2, 0.25) is 0 Å². The average Bonchev–Trinajstić information content (AvgIpc) is 3.37. The summed E-state index contributed by atoms with van der Waals surface area (Å²) in [7, 11) is 0. The van der Waals surface area contributed by atoms with Crippen LogP contribution in [-0.2, 0) is 28.7 Å². The number of piperazine rings is 2. The van der Waals surface area contributed by atoms with Crippen molar-refractivity contribution in [1.29, 1.82) is 0 Å². The van der Waals surface area contributed by atoms with Gasteiger partial charge in [0.05, 0.1) is 13.2 Å². The van der Waals surface area contributed by atoms with E-state index < -0.39 is 0 Å². The molecule has 422 valence electrons. The van der Waals surface area contributed by atoms with Gasteiger partial charge in [0, 0.05) is 133 Å². The second-order valence-corrected chi connectivity index (χ2v) is 22.9. The summed E-state index contributed by atoms with van der Waals surface area (Å²) >= 11 is 0. The molecule has 0 aromatic heterocycles. The van der Waals surface area contributed by atoms with Crippen LogP contribution in [0.1, 0.15) is 187 Å². The summed E-state index contributed by atoms with van der Waals surface area (Å²) in [5, 5.41) is 0. The Morgan fingerprint density at radius 3 is 0.958 bits per heavy atom. The fourth-order valence-electron chi connectivity index (χ4n) is 9.85. The maximum Gasteiger partial charge on any atom is 0.223 e. The Morgan fingerprint density at radius 1 is 0.361 bits per heavy atom. The Kier molecular flexibility index (Phi) is 36.8. The van der Waals surface area contributed by atoms with Crippen LogP contribution in [0.15, 0.2) is 0 Å². The second-order valence-electron chi connectivity index (χ2n) is 22.9. The highest BCUT2D eigenvalue weighted by atomic mass is 16.5. The van der Waals surface area contributed by atoms with E-state index in [2.05, 4.69) is 112 Å². The first-order chi connectivity index (χ1) is 34.0. The van der Waals surface area contributed by atoms with Crippen molar-refractivity contribution in [3.05, 3.63) is 0 Å². The molecule has 14 heteroatoms. The topological polar surface area (TPSA) is 120 Å². The zero-order valence-electron chi connectivity index (χ0n) is 49.5. The van der Waals surface area contributed by atoms with E-state index in [1.807, 2.05) is 9.80 Å². The lowest BCUT2D eigenvalue weighted by molar-refractivity contribution is -0.135. The molecule has 0 atom stereocenters. The van der Waals surface area contributed by atoms with Gasteiger partial charge in [-0.25, -0.2) is 0 Å². The number of amides is 2. The normalized spacial score (nSPS) is 20.3. The third-order valence-corrected chi connectivity index (χ3v) is 15.3. The van der Waals surface area contributed by atoms with E-state index >= 15 is 0 Å². The molecule has 6 fully saturated rings.